The molecule has 6 heteroatoms. The smallest absolute Gasteiger partial charge is 0.261 e. The standard InChI is InChI=1S/C21H24BrN3O2/c1-4-27-11-5-10-24-21(26)18(14-23)13-17-12-15(2)25(16(17)3)20-8-6-19(22)7-9-20/h6-9,12-13H,4-5,10-11H2,1-3H3,(H,24,26)/b18-13+. The highest BCUT2D eigenvalue weighted by Crippen LogP contribution is 2.24. The summed E-state index contributed by atoms with van der Waals surface area (Å²) in [5.74, 6) is -0.359. The van der Waals surface area contributed by atoms with Crippen molar-refractivity contribution in [3.8, 4) is 11.8 Å². The molecule has 0 saturated heterocycles. The van der Waals surface area contributed by atoms with E-state index in [1.165, 1.54) is 0 Å². The molecule has 0 radical (unpaired) electrons. The number of benzene rings is 1. The van der Waals surface area contributed by atoms with Gasteiger partial charge in [0.1, 0.15) is 11.6 Å². The van der Waals surface area contributed by atoms with E-state index in [0.29, 0.717) is 19.8 Å². The zero-order valence-corrected chi connectivity index (χ0v) is 17.5. The van der Waals surface area contributed by atoms with Crippen LogP contribution in [0.1, 0.15) is 30.3 Å². The minimum Gasteiger partial charge on any atom is -0.382 e. The SMILES string of the molecule is CCOCCCNC(=O)/C(C#N)=C/c1cc(C)n(-c2ccc(Br)cc2)c1C. The van der Waals surface area contributed by atoms with E-state index in [1.54, 1.807) is 6.08 Å². The summed E-state index contributed by atoms with van der Waals surface area (Å²) in [6, 6.07) is 12.0. The van der Waals surface area contributed by atoms with Gasteiger partial charge in [0.05, 0.1) is 0 Å². The largest absolute Gasteiger partial charge is 0.382 e. The molecule has 0 aliphatic rings. The molecule has 0 aliphatic carbocycles. The van der Waals surface area contributed by atoms with E-state index in [1.807, 2.05) is 57.2 Å². The fraction of sp³-hybridized carbons (Fsp3) is 0.333. The average Bonchev–Trinajstić information content (AvgIpc) is 2.93. The lowest BCUT2D eigenvalue weighted by atomic mass is 10.1. The van der Waals surface area contributed by atoms with E-state index in [9.17, 15) is 10.1 Å². The lowest BCUT2D eigenvalue weighted by Crippen LogP contribution is -2.26. The van der Waals surface area contributed by atoms with Crippen LogP contribution < -0.4 is 5.32 Å². The molecule has 1 aromatic carbocycles. The molecule has 1 N–H and O–H groups in total. The Morgan fingerprint density at radius 3 is 2.67 bits per heavy atom. The summed E-state index contributed by atoms with van der Waals surface area (Å²) in [6.07, 6.45) is 2.37. The molecular weight excluding hydrogens is 406 g/mol. The van der Waals surface area contributed by atoms with Gasteiger partial charge in [-0.2, -0.15) is 5.26 Å². The van der Waals surface area contributed by atoms with Gasteiger partial charge in [0, 0.05) is 41.3 Å². The predicted molar refractivity (Wildman–Crippen MR) is 111 cm³/mol. The second-order valence-corrected chi connectivity index (χ2v) is 7.03. The average molecular weight is 430 g/mol. The summed E-state index contributed by atoms with van der Waals surface area (Å²) in [5, 5.41) is 12.2. The third kappa shape index (κ3) is 5.56. The van der Waals surface area contributed by atoms with Crippen LogP contribution in [-0.4, -0.2) is 30.2 Å². The summed E-state index contributed by atoms with van der Waals surface area (Å²) in [7, 11) is 0. The van der Waals surface area contributed by atoms with Gasteiger partial charge in [-0.05, 0) is 69.2 Å². The van der Waals surface area contributed by atoms with Gasteiger partial charge in [-0.15, -0.1) is 0 Å². The molecule has 27 heavy (non-hydrogen) atoms. The van der Waals surface area contributed by atoms with Crippen LogP contribution >= 0.6 is 15.9 Å². The molecule has 2 aromatic rings. The number of nitriles is 1. The highest BCUT2D eigenvalue weighted by molar-refractivity contribution is 9.10. The minimum absolute atomic E-state index is 0.0995. The van der Waals surface area contributed by atoms with Crippen LogP contribution in [0.15, 0.2) is 40.4 Å². The van der Waals surface area contributed by atoms with Gasteiger partial charge in [-0.25, -0.2) is 0 Å². The number of rotatable bonds is 8. The normalized spacial score (nSPS) is 11.3. The minimum atomic E-state index is -0.359. The van der Waals surface area contributed by atoms with E-state index < -0.39 is 0 Å². The number of carbonyl (C=O) groups excluding carboxylic acids is 1. The Bertz CT molecular complexity index is 861. The van der Waals surface area contributed by atoms with Gasteiger partial charge in [-0.3, -0.25) is 4.79 Å². The molecule has 1 aromatic heterocycles. The molecule has 0 aliphatic heterocycles. The molecular formula is C21H24BrN3O2. The van der Waals surface area contributed by atoms with Crippen molar-refractivity contribution in [2.75, 3.05) is 19.8 Å². The van der Waals surface area contributed by atoms with Crippen LogP contribution in [0.5, 0.6) is 0 Å². The molecule has 0 saturated carbocycles. The van der Waals surface area contributed by atoms with Gasteiger partial charge >= 0.3 is 0 Å². The topological polar surface area (TPSA) is 67.0 Å². The summed E-state index contributed by atoms with van der Waals surface area (Å²) in [5.41, 5.74) is 4.01. The third-order valence-corrected chi connectivity index (χ3v) is 4.70. The molecule has 5 nitrogen and oxygen atoms in total. The van der Waals surface area contributed by atoms with Crippen molar-refractivity contribution in [3.63, 3.8) is 0 Å². The van der Waals surface area contributed by atoms with E-state index >= 15 is 0 Å². The Kier molecular flexibility index (Phi) is 7.83. The number of nitrogens with zero attached hydrogens (tertiary/aromatic N) is 2. The van der Waals surface area contributed by atoms with Crippen LogP contribution in [-0.2, 0) is 9.53 Å². The number of aromatic nitrogens is 1. The first-order valence-electron chi connectivity index (χ1n) is 8.90. The first-order chi connectivity index (χ1) is 13.0. The Morgan fingerprint density at radius 1 is 1.33 bits per heavy atom. The Labute approximate surface area is 168 Å². The summed E-state index contributed by atoms with van der Waals surface area (Å²) >= 11 is 3.45. The number of amides is 1. The third-order valence-electron chi connectivity index (χ3n) is 4.18. The maximum Gasteiger partial charge on any atom is 0.261 e. The zero-order valence-electron chi connectivity index (χ0n) is 15.9. The van der Waals surface area contributed by atoms with Crippen molar-refractivity contribution >= 4 is 27.9 Å². The molecule has 0 fully saturated rings. The number of carbonyl (C=O) groups is 1. The Hall–Kier alpha value is -2.36. The highest BCUT2D eigenvalue weighted by Gasteiger charge is 2.13. The molecule has 0 atom stereocenters. The molecule has 0 unspecified atom stereocenters. The van der Waals surface area contributed by atoms with E-state index in [0.717, 1.165) is 33.5 Å². The number of hydrogen-bond donors (Lipinski definition) is 1. The molecule has 1 heterocycles. The van der Waals surface area contributed by atoms with Crippen LogP contribution in [0.25, 0.3) is 11.8 Å². The maximum absolute atomic E-state index is 12.3. The summed E-state index contributed by atoms with van der Waals surface area (Å²) in [4.78, 5) is 12.3. The fourth-order valence-corrected chi connectivity index (χ4v) is 3.11. The van der Waals surface area contributed by atoms with E-state index in [-0.39, 0.29) is 11.5 Å². The fourth-order valence-electron chi connectivity index (χ4n) is 2.84. The second kappa shape index (κ2) is 10.1. The number of halogens is 1. The van der Waals surface area contributed by atoms with Crippen molar-refractivity contribution in [2.24, 2.45) is 0 Å². The van der Waals surface area contributed by atoms with Crippen molar-refractivity contribution in [3.05, 3.63) is 57.3 Å². The van der Waals surface area contributed by atoms with Crippen molar-refractivity contribution in [1.29, 1.82) is 5.26 Å². The van der Waals surface area contributed by atoms with E-state index in [4.69, 9.17) is 4.74 Å². The number of hydrogen-bond acceptors (Lipinski definition) is 3. The molecule has 2 rings (SSSR count). The van der Waals surface area contributed by atoms with Gasteiger partial charge in [-0.1, -0.05) is 15.9 Å². The molecule has 0 spiro atoms. The van der Waals surface area contributed by atoms with Crippen molar-refractivity contribution < 1.29 is 9.53 Å². The maximum atomic E-state index is 12.3. The quantitative estimate of drug-likeness (QED) is 0.386. The number of nitrogens with one attached hydrogen (secondary N) is 1. The lowest BCUT2D eigenvalue weighted by Gasteiger charge is -2.09. The van der Waals surface area contributed by atoms with Gasteiger partial charge in [0.25, 0.3) is 5.91 Å². The first kappa shape index (κ1) is 20.9. The van der Waals surface area contributed by atoms with Crippen LogP contribution in [0, 0.1) is 25.2 Å². The van der Waals surface area contributed by atoms with Crippen LogP contribution in [0.4, 0.5) is 0 Å². The predicted octanol–water partition coefficient (Wildman–Crippen LogP) is 4.31. The molecule has 1 amide bonds. The zero-order chi connectivity index (χ0) is 19.8. The number of ether oxygens (including phenoxy) is 1. The van der Waals surface area contributed by atoms with Crippen LogP contribution in [0.3, 0.4) is 0 Å². The monoisotopic (exact) mass is 429 g/mol. The molecule has 142 valence electrons. The lowest BCUT2D eigenvalue weighted by molar-refractivity contribution is -0.117. The van der Waals surface area contributed by atoms with Gasteiger partial charge < -0.3 is 14.6 Å². The van der Waals surface area contributed by atoms with Crippen molar-refractivity contribution in [1.82, 2.24) is 9.88 Å². The van der Waals surface area contributed by atoms with Gasteiger partial charge in [0.15, 0.2) is 0 Å². The summed E-state index contributed by atoms with van der Waals surface area (Å²) < 4.78 is 8.36. The van der Waals surface area contributed by atoms with Crippen molar-refractivity contribution in [2.45, 2.75) is 27.2 Å². The second-order valence-electron chi connectivity index (χ2n) is 6.11. The Balaban J connectivity index is 2.19. The highest BCUT2D eigenvalue weighted by atomic mass is 79.9. The molecule has 0 bridgehead atoms. The Morgan fingerprint density at radius 2 is 2.04 bits per heavy atom. The number of aryl methyl sites for hydroxylation is 1. The summed E-state index contributed by atoms with van der Waals surface area (Å²) in [6.45, 7) is 7.65. The van der Waals surface area contributed by atoms with E-state index in [2.05, 4.69) is 25.8 Å². The van der Waals surface area contributed by atoms with Gasteiger partial charge in [0.2, 0.25) is 0 Å². The van der Waals surface area contributed by atoms with Crippen LogP contribution in [0.2, 0.25) is 0 Å². The first-order valence-corrected chi connectivity index (χ1v) is 9.69.